The molecular weight excluding hydrogens is 160 g/mol. The van der Waals surface area contributed by atoms with E-state index in [2.05, 4.69) is 32.1 Å². The fourth-order valence-electron chi connectivity index (χ4n) is 1.79. The predicted octanol–water partition coefficient (Wildman–Crippen LogP) is 2.77. The molecule has 74 valence electrons. The summed E-state index contributed by atoms with van der Waals surface area (Å²) in [6.07, 6.45) is 9.54. The molecular formula is C12H20O. The number of hydrogen-bond acceptors (Lipinski definition) is 1. The molecule has 0 heterocycles. The average Bonchev–Trinajstić information content (AvgIpc) is 2.47. The molecule has 0 aromatic heterocycles. The maximum atomic E-state index is 9.09. The molecule has 0 radical (unpaired) electrons. The Morgan fingerprint density at radius 1 is 1.31 bits per heavy atom. The molecule has 0 bridgehead atoms. The molecule has 4 atom stereocenters. The molecule has 0 spiro atoms. The fourth-order valence-corrected chi connectivity index (χ4v) is 1.79. The van der Waals surface area contributed by atoms with E-state index in [0.29, 0.717) is 11.8 Å². The standard InChI is InChI=1S/C12H20O/c1-9-4-7-12(8-9)10(2)5-6-11(3)13/h4-7,9-13H,8H2,1-3H3/b6-5-/t9?,10-,11?,12?/m0/s1. The lowest BCUT2D eigenvalue weighted by Gasteiger charge is -2.14. The maximum Gasteiger partial charge on any atom is 0.0692 e. The van der Waals surface area contributed by atoms with Crippen molar-refractivity contribution in [3.05, 3.63) is 24.3 Å². The van der Waals surface area contributed by atoms with E-state index < -0.39 is 0 Å². The second-order valence-corrected chi connectivity index (χ2v) is 4.25. The number of rotatable bonds is 3. The first kappa shape index (κ1) is 10.5. The van der Waals surface area contributed by atoms with E-state index in [0.717, 1.165) is 5.92 Å². The molecule has 1 heteroatoms. The Labute approximate surface area is 81.2 Å². The molecule has 0 aliphatic heterocycles. The van der Waals surface area contributed by atoms with E-state index in [1.807, 2.05) is 6.08 Å². The average molecular weight is 180 g/mol. The first-order valence-electron chi connectivity index (χ1n) is 5.14. The summed E-state index contributed by atoms with van der Waals surface area (Å²) in [7, 11) is 0. The van der Waals surface area contributed by atoms with Crippen LogP contribution in [-0.2, 0) is 0 Å². The molecule has 1 aliphatic rings. The minimum atomic E-state index is -0.315. The summed E-state index contributed by atoms with van der Waals surface area (Å²) >= 11 is 0. The van der Waals surface area contributed by atoms with E-state index in [1.165, 1.54) is 6.42 Å². The van der Waals surface area contributed by atoms with Gasteiger partial charge in [-0.2, -0.15) is 0 Å². The van der Waals surface area contributed by atoms with E-state index in [1.54, 1.807) is 6.92 Å². The molecule has 1 nitrogen and oxygen atoms in total. The van der Waals surface area contributed by atoms with Gasteiger partial charge in [0.1, 0.15) is 0 Å². The van der Waals surface area contributed by atoms with E-state index in [-0.39, 0.29) is 6.10 Å². The number of aliphatic hydroxyl groups excluding tert-OH is 1. The molecule has 0 aromatic carbocycles. The second-order valence-electron chi connectivity index (χ2n) is 4.25. The Bertz CT molecular complexity index is 203. The molecule has 1 N–H and O–H groups in total. The first-order valence-corrected chi connectivity index (χ1v) is 5.14. The third-order valence-electron chi connectivity index (χ3n) is 2.70. The van der Waals surface area contributed by atoms with Crippen molar-refractivity contribution in [2.45, 2.75) is 33.3 Å². The zero-order valence-electron chi connectivity index (χ0n) is 8.77. The third-order valence-corrected chi connectivity index (χ3v) is 2.70. The Kier molecular flexibility index (Phi) is 3.73. The van der Waals surface area contributed by atoms with Gasteiger partial charge >= 0.3 is 0 Å². The van der Waals surface area contributed by atoms with Gasteiger partial charge in [-0.15, -0.1) is 0 Å². The van der Waals surface area contributed by atoms with Gasteiger partial charge in [0, 0.05) is 0 Å². The Hall–Kier alpha value is -0.560. The lowest BCUT2D eigenvalue weighted by atomic mass is 9.91. The Morgan fingerprint density at radius 2 is 2.00 bits per heavy atom. The highest BCUT2D eigenvalue weighted by Crippen LogP contribution is 2.29. The molecule has 0 saturated carbocycles. The van der Waals surface area contributed by atoms with Crippen molar-refractivity contribution in [1.82, 2.24) is 0 Å². The Balaban J connectivity index is 2.40. The van der Waals surface area contributed by atoms with Crippen LogP contribution >= 0.6 is 0 Å². The molecule has 3 unspecified atom stereocenters. The summed E-state index contributed by atoms with van der Waals surface area (Å²) in [4.78, 5) is 0. The van der Waals surface area contributed by atoms with Gasteiger partial charge in [-0.1, -0.05) is 38.2 Å². The van der Waals surface area contributed by atoms with Crippen molar-refractivity contribution in [1.29, 1.82) is 0 Å². The van der Waals surface area contributed by atoms with Gasteiger partial charge in [0.25, 0.3) is 0 Å². The van der Waals surface area contributed by atoms with Gasteiger partial charge in [-0.05, 0) is 31.1 Å². The van der Waals surface area contributed by atoms with Crippen molar-refractivity contribution in [3.63, 3.8) is 0 Å². The molecule has 1 aliphatic carbocycles. The summed E-state index contributed by atoms with van der Waals surface area (Å²) in [5.74, 6) is 1.95. The van der Waals surface area contributed by atoms with Gasteiger partial charge in [0.2, 0.25) is 0 Å². The van der Waals surface area contributed by atoms with Crippen LogP contribution in [0.5, 0.6) is 0 Å². The molecule has 13 heavy (non-hydrogen) atoms. The summed E-state index contributed by atoms with van der Waals surface area (Å²) in [5, 5.41) is 9.09. The second kappa shape index (κ2) is 4.61. The van der Waals surface area contributed by atoms with Gasteiger partial charge in [0.05, 0.1) is 6.10 Å². The zero-order chi connectivity index (χ0) is 9.84. The van der Waals surface area contributed by atoms with Crippen LogP contribution in [0.2, 0.25) is 0 Å². The monoisotopic (exact) mass is 180 g/mol. The number of aliphatic hydroxyl groups is 1. The molecule has 0 saturated heterocycles. The lowest BCUT2D eigenvalue weighted by molar-refractivity contribution is 0.243. The maximum absolute atomic E-state index is 9.09. The van der Waals surface area contributed by atoms with Crippen LogP contribution in [0.4, 0.5) is 0 Å². The van der Waals surface area contributed by atoms with E-state index in [9.17, 15) is 0 Å². The Morgan fingerprint density at radius 3 is 2.46 bits per heavy atom. The first-order chi connectivity index (χ1) is 6.09. The van der Waals surface area contributed by atoms with Crippen LogP contribution in [0, 0.1) is 17.8 Å². The predicted molar refractivity (Wildman–Crippen MR) is 56.4 cm³/mol. The van der Waals surface area contributed by atoms with Crippen molar-refractivity contribution in [2.24, 2.45) is 17.8 Å². The van der Waals surface area contributed by atoms with Gasteiger partial charge < -0.3 is 5.11 Å². The summed E-state index contributed by atoms with van der Waals surface area (Å²) in [5.41, 5.74) is 0. The van der Waals surface area contributed by atoms with Crippen LogP contribution in [0.1, 0.15) is 27.2 Å². The smallest absolute Gasteiger partial charge is 0.0692 e. The van der Waals surface area contributed by atoms with Crippen LogP contribution in [-0.4, -0.2) is 11.2 Å². The van der Waals surface area contributed by atoms with Gasteiger partial charge in [-0.3, -0.25) is 0 Å². The SMILES string of the molecule is CC(O)/C=C\[C@H](C)C1C=CC(C)C1. The highest BCUT2D eigenvalue weighted by atomic mass is 16.3. The quantitative estimate of drug-likeness (QED) is 0.662. The van der Waals surface area contributed by atoms with Crippen molar-refractivity contribution in [2.75, 3.05) is 0 Å². The normalized spacial score (nSPS) is 32.6. The van der Waals surface area contributed by atoms with Gasteiger partial charge in [-0.25, -0.2) is 0 Å². The van der Waals surface area contributed by atoms with Gasteiger partial charge in [0.15, 0.2) is 0 Å². The van der Waals surface area contributed by atoms with Crippen LogP contribution in [0.3, 0.4) is 0 Å². The minimum absolute atomic E-state index is 0.315. The summed E-state index contributed by atoms with van der Waals surface area (Å²) in [6.45, 7) is 6.25. The van der Waals surface area contributed by atoms with E-state index >= 15 is 0 Å². The van der Waals surface area contributed by atoms with Crippen LogP contribution < -0.4 is 0 Å². The van der Waals surface area contributed by atoms with Crippen LogP contribution in [0.25, 0.3) is 0 Å². The molecule has 0 amide bonds. The summed E-state index contributed by atoms with van der Waals surface area (Å²) < 4.78 is 0. The lowest BCUT2D eigenvalue weighted by Crippen LogP contribution is -2.06. The van der Waals surface area contributed by atoms with Crippen molar-refractivity contribution < 1.29 is 5.11 Å². The minimum Gasteiger partial charge on any atom is -0.389 e. The highest BCUT2D eigenvalue weighted by molar-refractivity contribution is 5.06. The third kappa shape index (κ3) is 3.35. The van der Waals surface area contributed by atoms with Crippen LogP contribution in [0.15, 0.2) is 24.3 Å². The number of allylic oxidation sites excluding steroid dienone is 3. The van der Waals surface area contributed by atoms with Crippen molar-refractivity contribution in [3.8, 4) is 0 Å². The highest BCUT2D eigenvalue weighted by Gasteiger charge is 2.19. The largest absolute Gasteiger partial charge is 0.389 e. The summed E-state index contributed by atoms with van der Waals surface area (Å²) in [6, 6.07) is 0. The number of hydrogen-bond donors (Lipinski definition) is 1. The van der Waals surface area contributed by atoms with E-state index in [4.69, 9.17) is 5.11 Å². The molecule has 1 rings (SSSR count). The topological polar surface area (TPSA) is 20.2 Å². The fraction of sp³-hybridized carbons (Fsp3) is 0.667. The van der Waals surface area contributed by atoms with Crippen molar-refractivity contribution >= 4 is 0 Å². The molecule has 0 aromatic rings. The molecule has 0 fully saturated rings. The zero-order valence-corrected chi connectivity index (χ0v) is 8.77.